The zero-order chi connectivity index (χ0) is 18.3. The van der Waals surface area contributed by atoms with E-state index in [9.17, 15) is 9.59 Å². The first-order valence-corrected chi connectivity index (χ1v) is 7.12. The number of phenols is 1. The maximum Gasteiger partial charge on any atom is 0.337 e. The van der Waals surface area contributed by atoms with Gasteiger partial charge in [-0.15, -0.1) is 0 Å². The molecule has 3 N–H and O–H groups in total. The van der Waals surface area contributed by atoms with E-state index < -0.39 is 5.97 Å². The predicted octanol–water partition coefficient (Wildman–Crippen LogP) is 2.85. The van der Waals surface area contributed by atoms with E-state index in [0.717, 1.165) is 5.56 Å². The SMILES string of the molecule is COC(=O)c1ccc(N)c(C)c1.COC(=O)c1ccc(O)c(C)c1. The van der Waals surface area contributed by atoms with Gasteiger partial charge in [-0.05, 0) is 61.4 Å². The lowest BCUT2D eigenvalue weighted by Gasteiger charge is -2.02. The molecule has 6 heteroatoms. The summed E-state index contributed by atoms with van der Waals surface area (Å²) in [6.45, 7) is 3.57. The number of carbonyl (C=O) groups is 2. The van der Waals surface area contributed by atoms with Gasteiger partial charge in [0.05, 0.1) is 25.3 Å². The van der Waals surface area contributed by atoms with Crippen LogP contribution in [0.15, 0.2) is 36.4 Å². The van der Waals surface area contributed by atoms with Gasteiger partial charge in [0.15, 0.2) is 0 Å². The van der Waals surface area contributed by atoms with Crippen molar-refractivity contribution in [3.63, 3.8) is 0 Å². The molecule has 0 unspecified atom stereocenters. The molecule has 0 aliphatic rings. The van der Waals surface area contributed by atoms with Gasteiger partial charge in [0, 0.05) is 5.69 Å². The summed E-state index contributed by atoms with van der Waals surface area (Å²) in [7, 11) is 2.68. The second kappa shape index (κ2) is 8.57. The number of rotatable bonds is 2. The van der Waals surface area contributed by atoms with E-state index in [1.807, 2.05) is 6.92 Å². The third-order valence-corrected chi connectivity index (χ3v) is 3.31. The molecule has 0 saturated heterocycles. The zero-order valence-electron chi connectivity index (χ0n) is 14.1. The topological polar surface area (TPSA) is 98.9 Å². The summed E-state index contributed by atoms with van der Waals surface area (Å²) in [5, 5.41) is 9.15. The molecule has 0 bridgehead atoms. The molecule has 24 heavy (non-hydrogen) atoms. The molecule has 0 heterocycles. The van der Waals surface area contributed by atoms with Crippen molar-refractivity contribution in [2.24, 2.45) is 0 Å². The van der Waals surface area contributed by atoms with Crippen molar-refractivity contribution in [3.05, 3.63) is 58.7 Å². The fraction of sp³-hybridized carbons (Fsp3) is 0.222. The fourth-order valence-corrected chi connectivity index (χ4v) is 1.82. The highest BCUT2D eigenvalue weighted by Gasteiger charge is 2.06. The third kappa shape index (κ3) is 5.01. The molecule has 0 amide bonds. The monoisotopic (exact) mass is 331 g/mol. The molecule has 0 spiro atoms. The normalized spacial score (nSPS) is 9.50. The Morgan fingerprint density at radius 1 is 0.875 bits per heavy atom. The molecular weight excluding hydrogens is 310 g/mol. The number of aryl methyl sites for hydroxylation is 2. The van der Waals surface area contributed by atoms with E-state index in [0.29, 0.717) is 22.4 Å². The van der Waals surface area contributed by atoms with E-state index in [4.69, 9.17) is 10.8 Å². The van der Waals surface area contributed by atoms with Crippen molar-refractivity contribution in [1.29, 1.82) is 0 Å². The number of esters is 2. The molecule has 6 nitrogen and oxygen atoms in total. The van der Waals surface area contributed by atoms with Crippen molar-refractivity contribution in [2.75, 3.05) is 20.0 Å². The third-order valence-electron chi connectivity index (χ3n) is 3.31. The van der Waals surface area contributed by atoms with Crippen molar-refractivity contribution in [2.45, 2.75) is 13.8 Å². The van der Waals surface area contributed by atoms with Crippen LogP contribution in [0.1, 0.15) is 31.8 Å². The van der Waals surface area contributed by atoms with Crippen LogP contribution >= 0.6 is 0 Å². The van der Waals surface area contributed by atoms with Crippen LogP contribution in [0.5, 0.6) is 5.75 Å². The van der Waals surface area contributed by atoms with Gasteiger partial charge in [0.25, 0.3) is 0 Å². The molecule has 0 radical (unpaired) electrons. The Labute approximate surface area is 140 Å². The van der Waals surface area contributed by atoms with E-state index in [2.05, 4.69) is 9.47 Å². The first kappa shape index (κ1) is 19.0. The molecule has 0 aliphatic heterocycles. The molecule has 0 aromatic heterocycles. The Bertz CT molecular complexity index is 677. The van der Waals surface area contributed by atoms with Crippen LogP contribution in [0, 0.1) is 13.8 Å². The average molecular weight is 331 g/mol. The highest BCUT2D eigenvalue weighted by Crippen LogP contribution is 2.17. The Morgan fingerprint density at radius 2 is 1.33 bits per heavy atom. The molecule has 0 aliphatic carbocycles. The van der Waals surface area contributed by atoms with Gasteiger partial charge in [-0.1, -0.05) is 0 Å². The number of ether oxygens (including phenoxy) is 2. The Hall–Kier alpha value is -3.02. The lowest BCUT2D eigenvalue weighted by molar-refractivity contribution is 0.0591. The first-order chi connectivity index (χ1) is 11.3. The van der Waals surface area contributed by atoms with Gasteiger partial charge >= 0.3 is 11.9 Å². The summed E-state index contributed by atoms with van der Waals surface area (Å²) in [6, 6.07) is 9.63. The largest absolute Gasteiger partial charge is 0.508 e. The molecule has 2 aromatic rings. The van der Waals surface area contributed by atoms with Crippen LogP contribution in [-0.4, -0.2) is 31.3 Å². The van der Waals surface area contributed by atoms with Crippen molar-refractivity contribution in [1.82, 2.24) is 0 Å². The van der Waals surface area contributed by atoms with Crippen LogP contribution in [0.4, 0.5) is 5.69 Å². The Morgan fingerprint density at radius 3 is 1.75 bits per heavy atom. The van der Waals surface area contributed by atoms with Gasteiger partial charge in [0.1, 0.15) is 5.75 Å². The summed E-state index contributed by atoms with van der Waals surface area (Å²) in [6.07, 6.45) is 0. The van der Waals surface area contributed by atoms with E-state index in [-0.39, 0.29) is 11.7 Å². The average Bonchev–Trinajstić information content (AvgIpc) is 2.58. The van der Waals surface area contributed by atoms with Gasteiger partial charge in [-0.25, -0.2) is 9.59 Å². The molecular formula is C18H21NO5. The summed E-state index contributed by atoms with van der Waals surface area (Å²) in [4.78, 5) is 22.0. The quantitative estimate of drug-likeness (QED) is 0.648. The van der Waals surface area contributed by atoms with Gasteiger partial charge in [0.2, 0.25) is 0 Å². The summed E-state index contributed by atoms with van der Waals surface area (Å²) < 4.78 is 9.06. The lowest BCUT2D eigenvalue weighted by atomic mass is 10.1. The summed E-state index contributed by atoms with van der Waals surface area (Å²) in [5.74, 6) is -0.543. The molecule has 0 atom stereocenters. The second-order valence-corrected chi connectivity index (χ2v) is 5.06. The second-order valence-electron chi connectivity index (χ2n) is 5.06. The number of carbonyl (C=O) groups excluding carboxylic acids is 2. The zero-order valence-corrected chi connectivity index (χ0v) is 14.1. The summed E-state index contributed by atoms with van der Waals surface area (Å²) >= 11 is 0. The lowest BCUT2D eigenvalue weighted by Crippen LogP contribution is -2.02. The maximum atomic E-state index is 11.0. The number of nitrogen functional groups attached to an aromatic ring is 1. The van der Waals surface area contributed by atoms with E-state index in [1.165, 1.54) is 26.4 Å². The first-order valence-electron chi connectivity index (χ1n) is 7.12. The smallest absolute Gasteiger partial charge is 0.337 e. The predicted molar refractivity (Wildman–Crippen MR) is 91.1 cm³/mol. The summed E-state index contributed by atoms with van der Waals surface area (Å²) in [5.41, 5.74) is 8.80. The van der Waals surface area contributed by atoms with Gasteiger partial charge in [-0.2, -0.15) is 0 Å². The number of hydrogen-bond donors (Lipinski definition) is 2. The minimum Gasteiger partial charge on any atom is -0.508 e. The van der Waals surface area contributed by atoms with Gasteiger partial charge in [-0.3, -0.25) is 0 Å². The van der Waals surface area contributed by atoms with Crippen LogP contribution in [-0.2, 0) is 9.47 Å². The highest BCUT2D eigenvalue weighted by molar-refractivity contribution is 5.90. The van der Waals surface area contributed by atoms with Crippen molar-refractivity contribution >= 4 is 17.6 Å². The number of phenolic OH excluding ortho intramolecular Hbond substituents is 1. The number of anilines is 1. The maximum absolute atomic E-state index is 11.0. The minimum absolute atomic E-state index is 0.183. The minimum atomic E-state index is -0.391. The van der Waals surface area contributed by atoms with Crippen molar-refractivity contribution < 1.29 is 24.2 Å². The van der Waals surface area contributed by atoms with Crippen LogP contribution in [0.3, 0.4) is 0 Å². The van der Waals surface area contributed by atoms with Gasteiger partial charge < -0.3 is 20.3 Å². The number of methoxy groups -OCH3 is 2. The molecule has 0 fully saturated rings. The molecule has 0 saturated carbocycles. The molecule has 2 aromatic carbocycles. The van der Waals surface area contributed by atoms with E-state index >= 15 is 0 Å². The number of hydrogen-bond acceptors (Lipinski definition) is 6. The van der Waals surface area contributed by atoms with Crippen LogP contribution in [0.25, 0.3) is 0 Å². The number of nitrogens with two attached hydrogens (primary N) is 1. The Balaban J connectivity index is 0.000000240. The van der Waals surface area contributed by atoms with Crippen molar-refractivity contribution in [3.8, 4) is 5.75 Å². The van der Waals surface area contributed by atoms with Crippen LogP contribution < -0.4 is 5.73 Å². The Kier molecular flexibility index (Phi) is 6.79. The molecule has 128 valence electrons. The fourth-order valence-electron chi connectivity index (χ4n) is 1.82. The number of aromatic hydroxyl groups is 1. The standard InChI is InChI=1S/C9H11NO2.C9H10O3/c2*1-6-5-7(9(11)12-2)3-4-8(6)10/h3-5H,10H2,1-2H3;3-5,10H,1-2H3. The van der Waals surface area contributed by atoms with E-state index in [1.54, 1.807) is 31.2 Å². The highest BCUT2D eigenvalue weighted by atomic mass is 16.5. The number of benzene rings is 2. The molecule has 2 rings (SSSR count). The van der Waals surface area contributed by atoms with Crippen LogP contribution in [0.2, 0.25) is 0 Å².